The second-order valence-corrected chi connectivity index (χ2v) is 2.76. The Labute approximate surface area is 102 Å². The summed E-state index contributed by atoms with van der Waals surface area (Å²) in [6.45, 7) is 1.85. The third-order valence-corrected chi connectivity index (χ3v) is 1.84. The monoisotopic (exact) mass is 201 g/mol. The zero-order chi connectivity index (χ0) is 9.42. The average molecular weight is 201 g/mol. The third kappa shape index (κ3) is 1.70. The Hall–Kier alpha value is -0.780. The third-order valence-electron chi connectivity index (χ3n) is 1.84. The number of rotatable bonds is 0. The summed E-state index contributed by atoms with van der Waals surface area (Å²) in [4.78, 5) is 24.9. The number of carbonyl (C=O) groups is 1. The summed E-state index contributed by atoms with van der Waals surface area (Å²) in [7, 11) is 0. The molecule has 0 saturated carbocycles. The number of aromatic nitrogens is 2. The number of hydrogen-bond donors (Lipinski definition) is 1. The van der Waals surface area contributed by atoms with E-state index in [1.807, 2.05) is 6.08 Å². The van der Waals surface area contributed by atoms with Crippen molar-refractivity contribution in [1.29, 1.82) is 0 Å². The van der Waals surface area contributed by atoms with Crippen LogP contribution in [0.4, 0.5) is 5.82 Å². The van der Waals surface area contributed by atoms with Crippen molar-refractivity contribution in [1.82, 2.24) is 9.55 Å². The summed E-state index contributed by atoms with van der Waals surface area (Å²) < 4.78 is 1.04. The number of imidazole rings is 1. The molecule has 6 heteroatoms. The maximum absolute atomic E-state index is 11.2. The zero-order valence-corrected chi connectivity index (χ0v) is 10.1. The molecule has 5 nitrogen and oxygen atoms in total. The standard InChI is InChI=1S/C8H8N3O2.Na/c1-5(12)11-7-6(10-8(11)13)3-2-4-9-7;/h2-3H,4H2,1H3,(H,10,13);/q-1;+1. The quantitative estimate of drug-likeness (QED) is 0.487. The van der Waals surface area contributed by atoms with Crippen LogP contribution in [0.3, 0.4) is 0 Å². The second kappa shape index (κ2) is 4.16. The van der Waals surface area contributed by atoms with Gasteiger partial charge >= 0.3 is 29.6 Å². The molecule has 2 rings (SSSR count). The van der Waals surface area contributed by atoms with E-state index in [0.717, 1.165) is 4.57 Å². The zero-order valence-electron chi connectivity index (χ0n) is 8.07. The molecular formula is C8H8N3NaO2. The number of nitrogens with one attached hydrogen (secondary N) is 1. The van der Waals surface area contributed by atoms with Crippen LogP contribution in [0.15, 0.2) is 10.9 Å². The Morgan fingerprint density at radius 1 is 1.64 bits per heavy atom. The van der Waals surface area contributed by atoms with Crippen molar-refractivity contribution in [3.8, 4) is 0 Å². The van der Waals surface area contributed by atoms with Crippen LogP contribution in [0.1, 0.15) is 17.4 Å². The molecule has 0 saturated heterocycles. The maximum atomic E-state index is 11.2. The van der Waals surface area contributed by atoms with Crippen molar-refractivity contribution < 1.29 is 34.4 Å². The van der Waals surface area contributed by atoms with Crippen LogP contribution < -0.4 is 35.2 Å². The summed E-state index contributed by atoms with van der Waals surface area (Å²) in [5.74, 6) is 0.113. The van der Waals surface area contributed by atoms with Gasteiger partial charge in [-0.15, -0.1) is 0 Å². The number of nitrogens with zero attached hydrogens (tertiary/aromatic N) is 2. The molecule has 14 heavy (non-hydrogen) atoms. The van der Waals surface area contributed by atoms with Gasteiger partial charge in [0.2, 0.25) is 5.69 Å². The molecule has 1 aromatic rings. The van der Waals surface area contributed by atoms with E-state index in [0.29, 0.717) is 18.1 Å². The summed E-state index contributed by atoms with van der Waals surface area (Å²) in [5.41, 5.74) is 0.180. The van der Waals surface area contributed by atoms with Crippen LogP contribution >= 0.6 is 0 Å². The minimum absolute atomic E-state index is 0. The molecule has 0 unspecified atom stereocenters. The molecular weight excluding hydrogens is 193 g/mol. The van der Waals surface area contributed by atoms with Gasteiger partial charge in [-0.25, -0.2) is 0 Å². The molecule has 1 N–H and O–H groups in total. The van der Waals surface area contributed by atoms with Crippen molar-refractivity contribution in [2.45, 2.75) is 6.92 Å². The number of aromatic amines is 1. The fourth-order valence-electron chi connectivity index (χ4n) is 1.32. The van der Waals surface area contributed by atoms with Crippen LogP contribution in [0.2, 0.25) is 0 Å². The van der Waals surface area contributed by atoms with Crippen molar-refractivity contribution in [2.75, 3.05) is 6.54 Å². The van der Waals surface area contributed by atoms with E-state index in [2.05, 4.69) is 10.3 Å². The number of hydrogen-bond acceptors (Lipinski definition) is 2. The molecule has 0 fully saturated rings. The van der Waals surface area contributed by atoms with Crippen LogP contribution in [-0.4, -0.2) is 22.0 Å². The molecule has 68 valence electrons. The first-order valence-electron chi connectivity index (χ1n) is 3.90. The van der Waals surface area contributed by atoms with Gasteiger partial charge in [0.25, 0.3) is 0 Å². The van der Waals surface area contributed by atoms with Crippen molar-refractivity contribution in [3.05, 3.63) is 27.6 Å². The summed E-state index contributed by atoms with van der Waals surface area (Å²) in [6.07, 6.45) is 3.58. The molecule has 0 atom stereocenters. The number of H-pyrrole nitrogens is 1. The second-order valence-electron chi connectivity index (χ2n) is 2.76. The van der Waals surface area contributed by atoms with Gasteiger partial charge in [-0.2, -0.15) is 0 Å². The van der Waals surface area contributed by atoms with Crippen molar-refractivity contribution in [3.63, 3.8) is 0 Å². The molecule has 1 aromatic heterocycles. The first kappa shape index (κ1) is 11.3. The van der Waals surface area contributed by atoms with Crippen LogP contribution in [0.5, 0.6) is 0 Å². The van der Waals surface area contributed by atoms with Crippen LogP contribution in [-0.2, 0) is 0 Å². The van der Waals surface area contributed by atoms with Gasteiger partial charge in [0.05, 0.1) is 0 Å². The first-order chi connectivity index (χ1) is 6.20. The topological polar surface area (TPSA) is 69.0 Å². The van der Waals surface area contributed by atoms with Gasteiger partial charge in [-0.05, 0) is 25.4 Å². The predicted molar refractivity (Wildman–Crippen MR) is 48.3 cm³/mol. The Balaban J connectivity index is 0.000000980. The first-order valence-corrected chi connectivity index (χ1v) is 3.90. The molecule has 1 aliphatic heterocycles. The molecule has 0 aromatic carbocycles. The molecule has 0 spiro atoms. The van der Waals surface area contributed by atoms with Gasteiger partial charge in [-0.3, -0.25) is 9.59 Å². The fourth-order valence-corrected chi connectivity index (χ4v) is 1.32. The molecule has 0 radical (unpaired) electrons. The minimum Gasteiger partial charge on any atom is -0.459 e. The molecule has 0 aliphatic carbocycles. The smallest absolute Gasteiger partial charge is 0.459 e. The van der Waals surface area contributed by atoms with E-state index in [1.165, 1.54) is 6.92 Å². The molecule has 0 bridgehead atoms. The number of carbonyl (C=O) groups excluding carboxylic acids is 1. The average Bonchev–Trinajstić information content (AvgIpc) is 2.39. The van der Waals surface area contributed by atoms with E-state index in [-0.39, 0.29) is 35.5 Å². The van der Waals surface area contributed by atoms with E-state index < -0.39 is 5.69 Å². The van der Waals surface area contributed by atoms with Crippen molar-refractivity contribution >= 4 is 17.8 Å². The summed E-state index contributed by atoms with van der Waals surface area (Å²) >= 11 is 0. The SMILES string of the molecule is CC(=O)n1c2c([nH]c1=O)C=CC[N-]2.[Na+]. The predicted octanol–water partition coefficient (Wildman–Crippen LogP) is -2.13. The fraction of sp³-hybridized carbons (Fsp3) is 0.250. The normalized spacial score (nSPS) is 12.6. The van der Waals surface area contributed by atoms with Crippen LogP contribution in [0.25, 0.3) is 11.4 Å². The van der Waals surface area contributed by atoms with Crippen molar-refractivity contribution in [2.24, 2.45) is 0 Å². The van der Waals surface area contributed by atoms with Gasteiger partial charge in [0.15, 0.2) is 5.91 Å². The van der Waals surface area contributed by atoms with Gasteiger partial charge < -0.3 is 14.9 Å². The molecule has 1 aliphatic rings. The van der Waals surface area contributed by atoms with Gasteiger partial charge in [-0.1, -0.05) is 6.08 Å². The van der Waals surface area contributed by atoms with E-state index in [1.54, 1.807) is 6.08 Å². The largest absolute Gasteiger partial charge is 1.00 e. The molecule has 2 heterocycles. The maximum Gasteiger partial charge on any atom is 1.00 e. The number of fused-ring (bicyclic) bond motifs is 1. The Morgan fingerprint density at radius 2 is 2.36 bits per heavy atom. The molecule has 0 amide bonds. The van der Waals surface area contributed by atoms with Crippen LogP contribution in [0, 0.1) is 0 Å². The Bertz CT molecular complexity index is 444. The Kier molecular flexibility index (Phi) is 3.36. The van der Waals surface area contributed by atoms with E-state index in [4.69, 9.17) is 0 Å². The van der Waals surface area contributed by atoms with E-state index in [9.17, 15) is 9.59 Å². The van der Waals surface area contributed by atoms with Gasteiger partial charge in [0.1, 0.15) is 0 Å². The minimum atomic E-state index is -0.423. The Morgan fingerprint density at radius 3 is 3.00 bits per heavy atom. The summed E-state index contributed by atoms with van der Waals surface area (Å²) in [5, 5.41) is 4.06. The summed E-state index contributed by atoms with van der Waals surface area (Å²) in [6, 6.07) is 0. The van der Waals surface area contributed by atoms with E-state index >= 15 is 0 Å². The van der Waals surface area contributed by atoms with Gasteiger partial charge in [0, 0.05) is 5.69 Å².